The lowest BCUT2D eigenvalue weighted by Crippen LogP contribution is -2.49. The van der Waals surface area contributed by atoms with Crippen LogP contribution >= 0.6 is 0 Å². The molecule has 0 saturated heterocycles. The molecule has 2 rings (SSSR count). The first-order chi connectivity index (χ1) is 12.9. The molecule has 0 aliphatic carbocycles. The van der Waals surface area contributed by atoms with E-state index in [1.54, 1.807) is 0 Å². The Hall–Kier alpha value is -2.37. The number of amides is 2. The van der Waals surface area contributed by atoms with Crippen LogP contribution in [0.25, 0.3) is 0 Å². The fourth-order valence-corrected chi connectivity index (χ4v) is 2.95. The van der Waals surface area contributed by atoms with Gasteiger partial charge in [-0.2, -0.15) is 0 Å². The van der Waals surface area contributed by atoms with E-state index in [-0.39, 0.29) is 23.8 Å². The predicted molar refractivity (Wildman–Crippen MR) is 107 cm³/mol. The van der Waals surface area contributed by atoms with Crippen LogP contribution in [0, 0.1) is 5.92 Å². The van der Waals surface area contributed by atoms with Gasteiger partial charge in [-0.1, -0.05) is 44.5 Å². The van der Waals surface area contributed by atoms with E-state index in [4.69, 9.17) is 4.84 Å². The summed E-state index contributed by atoms with van der Waals surface area (Å²) in [6.07, 6.45) is 4.37. The van der Waals surface area contributed by atoms with Crippen LogP contribution in [0.5, 0.6) is 0 Å². The summed E-state index contributed by atoms with van der Waals surface area (Å²) < 4.78 is 0. The van der Waals surface area contributed by atoms with E-state index in [1.165, 1.54) is 5.56 Å². The van der Waals surface area contributed by atoms with Crippen molar-refractivity contribution in [1.82, 2.24) is 10.6 Å². The topological polar surface area (TPSA) is 79.8 Å². The fraction of sp³-hybridized carbons (Fsp3) is 0.571. The van der Waals surface area contributed by atoms with E-state index in [0.717, 1.165) is 19.3 Å². The zero-order chi connectivity index (χ0) is 19.8. The van der Waals surface area contributed by atoms with Crippen molar-refractivity contribution in [2.75, 3.05) is 0 Å². The maximum absolute atomic E-state index is 12.6. The van der Waals surface area contributed by atoms with E-state index < -0.39 is 6.04 Å². The molecule has 27 heavy (non-hydrogen) atoms. The summed E-state index contributed by atoms with van der Waals surface area (Å²) in [4.78, 5) is 30.3. The molecule has 2 atom stereocenters. The fourth-order valence-electron chi connectivity index (χ4n) is 2.95. The number of aryl methyl sites for hydroxylation is 1. The summed E-state index contributed by atoms with van der Waals surface area (Å²) in [6, 6.07) is 6.99. The van der Waals surface area contributed by atoms with Gasteiger partial charge in [0.15, 0.2) is 5.84 Å². The van der Waals surface area contributed by atoms with Gasteiger partial charge in [0.1, 0.15) is 12.1 Å². The molecule has 0 bridgehead atoms. The Labute approximate surface area is 161 Å². The van der Waals surface area contributed by atoms with E-state index in [9.17, 15) is 9.59 Å². The number of rotatable bonds is 8. The van der Waals surface area contributed by atoms with Gasteiger partial charge in [-0.15, -0.1) is 0 Å². The van der Waals surface area contributed by atoms with Gasteiger partial charge in [0.2, 0.25) is 5.91 Å². The first kappa shape index (κ1) is 20.9. The van der Waals surface area contributed by atoms with Gasteiger partial charge in [0.25, 0.3) is 5.91 Å². The summed E-state index contributed by atoms with van der Waals surface area (Å²) in [7, 11) is 0. The molecule has 0 radical (unpaired) electrons. The maximum Gasteiger partial charge on any atom is 0.251 e. The Balaban J connectivity index is 1.99. The summed E-state index contributed by atoms with van der Waals surface area (Å²) in [6.45, 7) is 8.09. The molecule has 2 amide bonds. The van der Waals surface area contributed by atoms with Gasteiger partial charge in [0, 0.05) is 12.0 Å². The molecule has 1 aliphatic rings. The zero-order valence-electron chi connectivity index (χ0n) is 16.7. The Morgan fingerprint density at radius 3 is 2.52 bits per heavy atom. The number of nitrogens with zero attached hydrogens (tertiary/aromatic N) is 1. The first-order valence-corrected chi connectivity index (χ1v) is 9.82. The first-order valence-electron chi connectivity index (χ1n) is 9.82. The number of carbonyl (C=O) groups excluding carboxylic acids is 2. The minimum absolute atomic E-state index is 0.0373. The Bertz CT molecular complexity index is 668. The van der Waals surface area contributed by atoms with Crippen LogP contribution in [-0.4, -0.2) is 29.8 Å². The van der Waals surface area contributed by atoms with Crippen LogP contribution in [0.2, 0.25) is 0 Å². The molecule has 1 heterocycles. The lowest BCUT2D eigenvalue weighted by molar-refractivity contribution is -0.121. The highest BCUT2D eigenvalue weighted by Crippen LogP contribution is 2.12. The molecule has 0 fully saturated rings. The van der Waals surface area contributed by atoms with Crippen LogP contribution in [0.4, 0.5) is 0 Å². The lowest BCUT2D eigenvalue weighted by atomic mass is 10.0. The number of amidine groups is 1. The van der Waals surface area contributed by atoms with Gasteiger partial charge < -0.3 is 15.5 Å². The van der Waals surface area contributed by atoms with Crippen molar-refractivity contribution >= 4 is 17.6 Å². The van der Waals surface area contributed by atoms with E-state index in [0.29, 0.717) is 24.2 Å². The van der Waals surface area contributed by atoms with Crippen LogP contribution in [0.1, 0.15) is 69.3 Å². The molecule has 0 aromatic heterocycles. The van der Waals surface area contributed by atoms with Gasteiger partial charge >= 0.3 is 0 Å². The molecule has 148 valence electrons. The SMILES string of the molecule is CCCCc1ccc(C(=O)N[C@@H](CC(C)C)C(=O)NC2=NO[C@@H](C)C2)cc1. The molecule has 0 unspecified atom stereocenters. The third kappa shape index (κ3) is 6.70. The van der Waals surface area contributed by atoms with Crippen molar-refractivity contribution in [2.45, 2.75) is 71.9 Å². The average molecular weight is 373 g/mol. The molecular weight excluding hydrogens is 342 g/mol. The van der Waals surface area contributed by atoms with Crippen LogP contribution in [-0.2, 0) is 16.1 Å². The molecule has 1 aliphatic heterocycles. The minimum atomic E-state index is -0.615. The number of benzene rings is 1. The predicted octanol–water partition coefficient (Wildman–Crippen LogP) is 3.41. The highest BCUT2D eigenvalue weighted by molar-refractivity contribution is 6.03. The second-order valence-electron chi connectivity index (χ2n) is 7.60. The smallest absolute Gasteiger partial charge is 0.251 e. The monoisotopic (exact) mass is 373 g/mol. The standard InChI is InChI=1S/C21H31N3O3/c1-5-6-7-16-8-10-17(11-9-16)20(25)22-18(12-14(2)3)21(26)23-19-13-15(4)27-24-19/h8-11,14-15,18H,5-7,12-13H2,1-4H3,(H,22,25)(H,23,24,26)/t15-,18-/m0/s1. The second kappa shape index (κ2) is 10.1. The Kier molecular flexibility index (Phi) is 7.82. The highest BCUT2D eigenvalue weighted by Gasteiger charge is 2.26. The summed E-state index contributed by atoms with van der Waals surface area (Å²) in [5.74, 6) is 0.276. The molecule has 6 heteroatoms. The van der Waals surface area contributed by atoms with Gasteiger partial charge in [-0.25, -0.2) is 0 Å². The average Bonchev–Trinajstić information content (AvgIpc) is 3.04. The van der Waals surface area contributed by atoms with Crippen molar-refractivity contribution in [3.8, 4) is 0 Å². The Morgan fingerprint density at radius 1 is 1.26 bits per heavy atom. The summed E-state index contributed by atoms with van der Waals surface area (Å²) >= 11 is 0. The zero-order valence-corrected chi connectivity index (χ0v) is 16.7. The van der Waals surface area contributed by atoms with Crippen molar-refractivity contribution in [3.05, 3.63) is 35.4 Å². The maximum atomic E-state index is 12.6. The van der Waals surface area contributed by atoms with Crippen molar-refractivity contribution in [1.29, 1.82) is 0 Å². The summed E-state index contributed by atoms with van der Waals surface area (Å²) in [5, 5.41) is 9.50. The van der Waals surface area contributed by atoms with Crippen molar-refractivity contribution < 1.29 is 14.4 Å². The van der Waals surface area contributed by atoms with E-state index >= 15 is 0 Å². The molecule has 6 nitrogen and oxygen atoms in total. The number of hydrogen-bond acceptors (Lipinski definition) is 4. The molecule has 0 saturated carbocycles. The second-order valence-corrected chi connectivity index (χ2v) is 7.60. The molecular formula is C21H31N3O3. The van der Waals surface area contributed by atoms with Gasteiger partial charge in [-0.05, 0) is 49.8 Å². The molecule has 0 spiro atoms. The number of nitrogens with one attached hydrogen (secondary N) is 2. The number of hydrogen-bond donors (Lipinski definition) is 2. The summed E-state index contributed by atoms with van der Waals surface area (Å²) in [5.41, 5.74) is 1.78. The molecule has 2 N–H and O–H groups in total. The normalized spacial score (nSPS) is 17.2. The van der Waals surface area contributed by atoms with E-state index in [2.05, 4.69) is 22.7 Å². The quantitative estimate of drug-likeness (QED) is 0.733. The number of carbonyl (C=O) groups is 2. The van der Waals surface area contributed by atoms with Gasteiger partial charge in [0.05, 0.1) is 0 Å². The van der Waals surface area contributed by atoms with Crippen molar-refractivity contribution in [2.24, 2.45) is 11.1 Å². The highest BCUT2D eigenvalue weighted by atomic mass is 16.6. The van der Waals surface area contributed by atoms with Crippen molar-refractivity contribution in [3.63, 3.8) is 0 Å². The third-order valence-corrected chi connectivity index (χ3v) is 4.46. The minimum Gasteiger partial charge on any atom is -0.391 e. The Morgan fingerprint density at radius 2 is 1.96 bits per heavy atom. The van der Waals surface area contributed by atoms with E-state index in [1.807, 2.05) is 45.0 Å². The van der Waals surface area contributed by atoms with Crippen LogP contribution < -0.4 is 10.6 Å². The number of oxime groups is 1. The third-order valence-electron chi connectivity index (χ3n) is 4.46. The molecule has 1 aromatic rings. The van der Waals surface area contributed by atoms with Crippen LogP contribution in [0.3, 0.4) is 0 Å². The van der Waals surface area contributed by atoms with Gasteiger partial charge in [-0.3, -0.25) is 9.59 Å². The van der Waals surface area contributed by atoms with Crippen LogP contribution in [0.15, 0.2) is 29.4 Å². The largest absolute Gasteiger partial charge is 0.391 e. The lowest BCUT2D eigenvalue weighted by Gasteiger charge is -2.20. The number of unbranched alkanes of at least 4 members (excludes halogenated alkanes) is 1. The molecule has 1 aromatic carbocycles.